The molecule has 0 bridgehead atoms. The van der Waals surface area contributed by atoms with E-state index in [0.717, 1.165) is 4.90 Å². The fourth-order valence-electron chi connectivity index (χ4n) is 1.82. The van der Waals surface area contributed by atoms with Gasteiger partial charge in [0.1, 0.15) is 6.04 Å². The van der Waals surface area contributed by atoms with Crippen LogP contribution in [0.4, 0.5) is 8.78 Å². The summed E-state index contributed by atoms with van der Waals surface area (Å²) in [4.78, 5) is 24.5. The number of nitrogens with zero attached hydrogens (tertiary/aromatic N) is 1. The lowest BCUT2D eigenvalue weighted by Gasteiger charge is -2.26. The van der Waals surface area contributed by atoms with Crippen molar-refractivity contribution in [2.45, 2.75) is 39.2 Å². The number of hydrogen-bond acceptors (Lipinski definition) is 2. The van der Waals surface area contributed by atoms with Gasteiger partial charge in [0, 0.05) is 13.0 Å². The van der Waals surface area contributed by atoms with E-state index in [1.807, 2.05) is 13.8 Å². The first-order valence-corrected chi connectivity index (χ1v) is 5.82. The molecule has 1 saturated heterocycles. The molecule has 0 saturated carbocycles. The molecule has 1 N–H and O–H groups in total. The zero-order valence-electron chi connectivity index (χ0n) is 10.1. The number of carbonyl (C=O) groups excluding carboxylic acids is 2. The number of amides is 2. The van der Waals surface area contributed by atoms with Crippen LogP contribution in [-0.4, -0.2) is 42.3 Å². The van der Waals surface area contributed by atoms with E-state index in [1.54, 1.807) is 0 Å². The maximum Gasteiger partial charge on any atom is 0.255 e. The van der Waals surface area contributed by atoms with Gasteiger partial charge in [0.2, 0.25) is 11.8 Å². The molecule has 2 unspecified atom stereocenters. The molecule has 17 heavy (non-hydrogen) atoms. The van der Waals surface area contributed by atoms with Crippen LogP contribution in [0.3, 0.4) is 0 Å². The van der Waals surface area contributed by atoms with Gasteiger partial charge >= 0.3 is 0 Å². The Morgan fingerprint density at radius 3 is 2.65 bits per heavy atom. The van der Waals surface area contributed by atoms with Gasteiger partial charge in [0.05, 0.1) is 6.54 Å². The Balaban J connectivity index is 2.81. The first-order valence-electron chi connectivity index (χ1n) is 5.82. The van der Waals surface area contributed by atoms with Crippen molar-refractivity contribution in [3.05, 3.63) is 0 Å². The van der Waals surface area contributed by atoms with Gasteiger partial charge in [0.25, 0.3) is 6.43 Å². The molecule has 1 aliphatic rings. The third kappa shape index (κ3) is 3.64. The standard InChI is InChI=1S/C11H18F2N2O2/c1-3-7(2)10-11(17)15(6-8(12)13)5-4-9(16)14-10/h7-8,10H,3-6H2,1-2H3,(H,14,16). The van der Waals surface area contributed by atoms with Crippen LogP contribution in [0.5, 0.6) is 0 Å². The van der Waals surface area contributed by atoms with E-state index in [0.29, 0.717) is 6.42 Å². The Hall–Kier alpha value is -1.20. The Labute approximate surface area is 99.3 Å². The molecule has 2 atom stereocenters. The highest BCUT2D eigenvalue weighted by molar-refractivity contribution is 5.90. The molecule has 1 aliphatic heterocycles. The van der Waals surface area contributed by atoms with E-state index in [4.69, 9.17) is 0 Å². The second kappa shape index (κ2) is 5.93. The van der Waals surface area contributed by atoms with Crippen molar-refractivity contribution >= 4 is 11.8 Å². The summed E-state index contributed by atoms with van der Waals surface area (Å²) < 4.78 is 24.7. The second-order valence-corrected chi connectivity index (χ2v) is 4.36. The molecule has 6 heteroatoms. The number of alkyl halides is 2. The molecule has 1 fully saturated rings. The average molecular weight is 248 g/mol. The van der Waals surface area contributed by atoms with Crippen LogP contribution in [0.1, 0.15) is 26.7 Å². The Morgan fingerprint density at radius 1 is 1.47 bits per heavy atom. The zero-order valence-corrected chi connectivity index (χ0v) is 10.1. The summed E-state index contributed by atoms with van der Waals surface area (Å²) in [6.07, 6.45) is -1.77. The first-order chi connectivity index (χ1) is 7.95. The van der Waals surface area contributed by atoms with Crippen LogP contribution in [-0.2, 0) is 9.59 Å². The lowest BCUT2D eigenvalue weighted by atomic mass is 9.98. The topological polar surface area (TPSA) is 49.4 Å². The fraction of sp³-hybridized carbons (Fsp3) is 0.818. The summed E-state index contributed by atoms with van der Waals surface area (Å²) in [6, 6.07) is -0.672. The SMILES string of the molecule is CCC(C)C1NC(=O)CCN(CC(F)F)C1=O. The summed E-state index contributed by atoms with van der Waals surface area (Å²) in [5.74, 6) is -0.698. The van der Waals surface area contributed by atoms with E-state index >= 15 is 0 Å². The van der Waals surface area contributed by atoms with E-state index in [-0.39, 0.29) is 24.8 Å². The predicted molar refractivity (Wildman–Crippen MR) is 58.6 cm³/mol. The number of rotatable bonds is 4. The van der Waals surface area contributed by atoms with Gasteiger partial charge in [-0.05, 0) is 5.92 Å². The zero-order chi connectivity index (χ0) is 13.0. The van der Waals surface area contributed by atoms with Crippen molar-refractivity contribution in [1.82, 2.24) is 10.2 Å². The third-order valence-corrected chi connectivity index (χ3v) is 3.07. The van der Waals surface area contributed by atoms with E-state index < -0.39 is 24.9 Å². The van der Waals surface area contributed by atoms with Crippen molar-refractivity contribution < 1.29 is 18.4 Å². The largest absolute Gasteiger partial charge is 0.344 e. The molecule has 0 spiro atoms. The van der Waals surface area contributed by atoms with Crippen molar-refractivity contribution in [2.75, 3.05) is 13.1 Å². The Morgan fingerprint density at radius 2 is 2.12 bits per heavy atom. The summed E-state index contributed by atoms with van der Waals surface area (Å²) in [5, 5.41) is 2.61. The summed E-state index contributed by atoms with van der Waals surface area (Å²) in [5.41, 5.74) is 0. The van der Waals surface area contributed by atoms with Crippen LogP contribution in [0, 0.1) is 5.92 Å². The normalized spacial score (nSPS) is 23.6. The molecule has 2 amide bonds. The minimum absolute atomic E-state index is 0.0512. The predicted octanol–water partition coefficient (Wildman–Crippen LogP) is 1.01. The molecule has 4 nitrogen and oxygen atoms in total. The average Bonchev–Trinajstić information content (AvgIpc) is 2.40. The summed E-state index contributed by atoms with van der Waals surface area (Å²) >= 11 is 0. The Kier molecular flexibility index (Phi) is 4.84. The minimum atomic E-state index is -2.57. The number of halogens is 2. The highest BCUT2D eigenvalue weighted by Crippen LogP contribution is 2.15. The van der Waals surface area contributed by atoms with Gasteiger partial charge in [-0.15, -0.1) is 0 Å². The molecule has 0 aromatic carbocycles. The van der Waals surface area contributed by atoms with Crippen LogP contribution >= 0.6 is 0 Å². The molecule has 0 aromatic rings. The number of hydrogen-bond donors (Lipinski definition) is 1. The van der Waals surface area contributed by atoms with Crippen molar-refractivity contribution in [2.24, 2.45) is 5.92 Å². The molecular formula is C11H18F2N2O2. The smallest absolute Gasteiger partial charge is 0.255 e. The molecular weight excluding hydrogens is 230 g/mol. The molecule has 0 aliphatic carbocycles. The molecule has 0 radical (unpaired) electrons. The Bertz CT molecular complexity index is 297. The van der Waals surface area contributed by atoms with E-state index in [2.05, 4.69) is 5.32 Å². The monoisotopic (exact) mass is 248 g/mol. The van der Waals surface area contributed by atoms with E-state index in [9.17, 15) is 18.4 Å². The fourth-order valence-corrected chi connectivity index (χ4v) is 1.82. The maximum atomic E-state index is 12.3. The van der Waals surface area contributed by atoms with Gasteiger partial charge < -0.3 is 10.2 Å². The first kappa shape index (κ1) is 13.9. The molecule has 1 rings (SSSR count). The van der Waals surface area contributed by atoms with Gasteiger partial charge in [0.15, 0.2) is 0 Å². The van der Waals surface area contributed by atoms with Gasteiger partial charge in [-0.2, -0.15) is 0 Å². The summed E-state index contributed by atoms with van der Waals surface area (Å²) in [6.45, 7) is 3.20. The van der Waals surface area contributed by atoms with Crippen LogP contribution in [0.2, 0.25) is 0 Å². The second-order valence-electron chi connectivity index (χ2n) is 4.36. The lowest BCUT2D eigenvalue weighted by Crippen LogP contribution is -2.49. The quantitative estimate of drug-likeness (QED) is 0.807. The highest BCUT2D eigenvalue weighted by atomic mass is 19.3. The van der Waals surface area contributed by atoms with E-state index in [1.165, 1.54) is 0 Å². The van der Waals surface area contributed by atoms with Crippen molar-refractivity contribution in [1.29, 1.82) is 0 Å². The van der Waals surface area contributed by atoms with Crippen molar-refractivity contribution in [3.63, 3.8) is 0 Å². The minimum Gasteiger partial charge on any atom is -0.344 e. The maximum absolute atomic E-state index is 12.3. The molecule has 1 heterocycles. The van der Waals surface area contributed by atoms with Crippen LogP contribution in [0.15, 0.2) is 0 Å². The molecule has 0 aromatic heterocycles. The van der Waals surface area contributed by atoms with Crippen molar-refractivity contribution in [3.8, 4) is 0 Å². The van der Waals surface area contributed by atoms with Crippen LogP contribution in [0.25, 0.3) is 0 Å². The van der Waals surface area contributed by atoms with Crippen LogP contribution < -0.4 is 5.32 Å². The molecule has 98 valence electrons. The van der Waals surface area contributed by atoms with Gasteiger partial charge in [-0.25, -0.2) is 8.78 Å². The summed E-state index contributed by atoms with van der Waals surface area (Å²) in [7, 11) is 0. The highest BCUT2D eigenvalue weighted by Gasteiger charge is 2.33. The number of carbonyl (C=O) groups is 2. The third-order valence-electron chi connectivity index (χ3n) is 3.07. The number of nitrogens with one attached hydrogen (secondary N) is 1. The van der Waals surface area contributed by atoms with Gasteiger partial charge in [-0.1, -0.05) is 20.3 Å². The lowest BCUT2D eigenvalue weighted by molar-refractivity contribution is -0.136. The van der Waals surface area contributed by atoms with Gasteiger partial charge in [-0.3, -0.25) is 9.59 Å².